The van der Waals surface area contributed by atoms with Gasteiger partial charge >= 0.3 is 0 Å². The lowest BCUT2D eigenvalue weighted by Crippen LogP contribution is -2.34. The summed E-state index contributed by atoms with van der Waals surface area (Å²) >= 11 is 7.38. The van der Waals surface area contributed by atoms with E-state index in [9.17, 15) is 0 Å². The largest absolute Gasteiger partial charge is 0.310 e. The minimum absolute atomic E-state index is 0.522. The van der Waals surface area contributed by atoms with Gasteiger partial charge in [0.1, 0.15) is 0 Å². The summed E-state index contributed by atoms with van der Waals surface area (Å²) < 4.78 is 1.75. The van der Waals surface area contributed by atoms with E-state index >= 15 is 0 Å². The molecule has 1 nitrogen and oxygen atoms in total. The van der Waals surface area contributed by atoms with Crippen molar-refractivity contribution < 1.29 is 0 Å². The standard InChI is InChI=1S/C12H18BrNS2/c1-15-12(6-2-3-7-12)9-14-8-10-4-5-11(13)16-10/h4-5,14H,2-3,6-9H2,1H3. The molecule has 1 aromatic rings. The Balaban J connectivity index is 1.78. The number of rotatable bonds is 5. The highest BCUT2D eigenvalue weighted by atomic mass is 79.9. The average molecular weight is 320 g/mol. The van der Waals surface area contributed by atoms with Crippen LogP contribution in [0.1, 0.15) is 30.6 Å². The van der Waals surface area contributed by atoms with Crippen LogP contribution in [0.25, 0.3) is 0 Å². The van der Waals surface area contributed by atoms with Gasteiger partial charge in [-0.1, -0.05) is 12.8 Å². The van der Waals surface area contributed by atoms with E-state index in [1.54, 1.807) is 0 Å². The van der Waals surface area contributed by atoms with E-state index in [-0.39, 0.29) is 0 Å². The van der Waals surface area contributed by atoms with Gasteiger partial charge in [-0.2, -0.15) is 11.8 Å². The Morgan fingerprint density at radius 2 is 2.19 bits per heavy atom. The number of halogens is 1. The molecule has 0 aromatic carbocycles. The summed E-state index contributed by atoms with van der Waals surface area (Å²) in [5.41, 5.74) is 0. The molecule has 0 aliphatic heterocycles. The molecule has 1 fully saturated rings. The predicted octanol–water partition coefficient (Wildman–Crippen LogP) is 4.28. The zero-order valence-corrected chi connectivity index (χ0v) is 12.8. The molecule has 0 amide bonds. The van der Waals surface area contributed by atoms with Crippen LogP contribution in [0.5, 0.6) is 0 Å². The van der Waals surface area contributed by atoms with Crippen LogP contribution < -0.4 is 5.32 Å². The number of hydrogen-bond acceptors (Lipinski definition) is 3. The van der Waals surface area contributed by atoms with Crippen LogP contribution in [0, 0.1) is 0 Å². The molecule has 1 saturated carbocycles. The second-order valence-corrected chi connectivity index (χ2v) is 8.23. The van der Waals surface area contributed by atoms with Gasteiger partial charge in [0.15, 0.2) is 0 Å². The molecule has 4 heteroatoms. The summed E-state index contributed by atoms with van der Waals surface area (Å²) in [6, 6.07) is 4.32. The van der Waals surface area contributed by atoms with E-state index in [0.717, 1.165) is 13.1 Å². The van der Waals surface area contributed by atoms with Crippen LogP contribution in [-0.4, -0.2) is 17.5 Å². The molecule has 0 atom stereocenters. The third-order valence-corrected chi connectivity index (χ3v) is 6.37. The summed E-state index contributed by atoms with van der Waals surface area (Å²) in [6.07, 6.45) is 7.85. The van der Waals surface area contributed by atoms with Crippen molar-refractivity contribution in [1.82, 2.24) is 5.32 Å². The Bertz CT molecular complexity index is 332. The lowest BCUT2D eigenvalue weighted by Gasteiger charge is -2.26. The molecule has 1 heterocycles. The van der Waals surface area contributed by atoms with Crippen molar-refractivity contribution in [2.45, 2.75) is 37.0 Å². The molecule has 0 bridgehead atoms. The number of thiophene rings is 1. The zero-order valence-electron chi connectivity index (χ0n) is 9.59. The first-order chi connectivity index (χ1) is 7.74. The molecule has 2 rings (SSSR count). The van der Waals surface area contributed by atoms with E-state index in [2.05, 4.69) is 51.4 Å². The Morgan fingerprint density at radius 1 is 1.44 bits per heavy atom. The van der Waals surface area contributed by atoms with Gasteiger partial charge in [0.2, 0.25) is 0 Å². The van der Waals surface area contributed by atoms with Gasteiger partial charge in [0.25, 0.3) is 0 Å². The smallest absolute Gasteiger partial charge is 0.0701 e. The first kappa shape index (κ1) is 12.9. The average Bonchev–Trinajstić information content (AvgIpc) is 2.89. The highest BCUT2D eigenvalue weighted by Crippen LogP contribution is 2.39. The normalized spacial score (nSPS) is 19.1. The molecule has 1 N–H and O–H groups in total. The van der Waals surface area contributed by atoms with E-state index in [1.165, 1.54) is 34.3 Å². The molecule has 0 radical (unpaired) electrons. The topological polar surface area (TPSA) is 12.0 Å². The van der Waals surface area contributed by atoms with E-state index in [4.69, 9.17) is 0 Å². The van der Waals surface area contributed by atoms with Crippen molar-refractivity contribution in [3.63, 3.8) is 0 Å². The third kappa shape index (κ3) is 3.25. The van der Waals surface area contributed by atoms with Gasteiger partial charge in [0, 0.05) is 22.7 Å². The summed E-state index contributed by atoms with van der Waals surface area (Å²) in [5.74, 6) is 0. The Kier molecular flexibility index (Phi) is 4.76. The molecular weight excluding hydrogens is 302 g/mol. The molecule has 1 aliphatic carbocycles. The van der Waals surface area contributed by atoms with Crippen molar-refractivity contribution in [1.29, 1.82) is 0 Å². The maximum Gasteiger partial charge on any atom is 0.0701 e. The minimum atomic E-state index is 0.522. The molecule has 0 saturated heterocycles. The summed E-state index contributed by atoms with van der Waals surface area (Å²) in [4.78, 5) is 1.42. The zero-order chi connectivity index (χ0) is 11.4. The fourth-order valence-electron chi connectivity index (χ4n) is 2.33. The Labute approximate surface area is 115 Å². The lowest BCUT2D eigenvalue weighted by molar-refractivity contribution is 0.536. The van der Waals surface area contributed by atoms with Crippen LogP contribution in [0.4, 0.5) is 0 Å². The number of nitrogens with one attached hydrogen (secondary N) is 1. The lowest BCUT2D eigenvalue weighted by atomic mass is 10.1. The summed E-state index contributed by atoms with van der Waals surface area (Å²) in [5, 5.41) is 3.62. The van der Waals surface area contributed by atoms with Gasteiger partial charge in [-0.25, -0.2) is 0 Å². The molecule has 90 valence electrons. The van der Waals surface area contributed by atoms with E-state index in [1.807, 2.05) is 11.3 Å². The van der Waals surface area contributed by atoms with Crippen molar-refractivity contribution in [2.75, 3.05) is 12.8 Å². The van der Waals surface area contributed by atoms with Gasteiger partial charge in [0.05, 0.1) is 3.79 Å². The fourth-order valence-corrected chi connectivity index (χ4v) is 4.73. The number of hydrogen-bond donors (Lipinski definition) is 1. The second-order valence-electron chi connectivity index (χ2n) is 4.40. The van der Waals surface area contributed by atoms with Crippen LogP contribution >= 0.6 is 39.0 Å². The van der Waals surface area contributed by atoms with Crippen molar-refractivity contribution in [2.24, 2.45) is 0 Å². The van der Waals surface area contributed by atoms with Crippen molar-refractivity contribution in [3.8, 4) is 0 Å². The Morgan fingerprint density at radius 3 is 2.75 bits per heavy atom. The molecular formula is C12H18BrNS2. The third-order valence-electron chi connectivity index (χ3n) is 3.32. The summed E-state index contributed by atoms with van der Waals surface area (Å²) in [6.45, 7) is 2.17. The van der Waals surface area contributed by atoms with Gasteiger partial charge in [-0.3, -0.25) is 0 Å². The highest BCUT2D eigenvalue weighted by Gasteiger charge is 2.32. The fraction of sp³-hybridized carbons (Fsp3) is 0.667. The molecule has 1 aliphatic rings. The molecule has 1 aromatic heterocycles. The summed E-state index contributed by atoms with van der Waals surface area (Å²) in [7, 11) is 0. The van der Waals surface area contributed by atoms with Gasteiger partial charge in [-0.15, -0.1) is 11.3 Å². The van der Waals surface area contributed by atoms with Crippen LogP contribution in [0.3, 0.4) is 0 Å². The van der Waals surface area contributed by atoms with E-state index < -0.39 is 0 Å². The van der Waals surface area contributed by atoms with Crippen LogP contribution in [-0.2, 0) is 6.54 Å². The minimum Gasteiger partial charge on any atom is -0.310 e. The Hall–Kier alpha value is 0.490. The second kappa shape index (κ2) is 5.89. The van der Waals surface area contributed by atoms with Crippen LogP contribution in [0.15, 0.2) is 15.9 Å². The van der Waals surface area contributed by atoms with Gasteiger partial charge in [-0.05, 0) is 47.2 Å². The maximum atomic E-state index is 3.62. The molecule has 16 heavy (non-hydrogen) atoms. The van der Waals surface area contributed by atoms with Crippen LogP contribution in [0.2, 0.25) is 0 Å². The monoisotopic (exact) mass is 319 g/mol. The van der Waals surface area contributed by atoms with Crippen molar-refractivity contribution >= 4 is 39.0 Å². The highest BCUT2D eigenvalue weighted by molar-refractivity contribution is 9.11. The predicted molar refractivity (Wildman–Crippen MR) is 78.4 cm³/mol. The maximum absolute atomic E-state index is 3.62. The van der Waals surface area contributed by atoms with Gasteiger partial charge < -0.3 is 5.32 Å². The SMILES string of the molecule is CSC1(CNCc2ccc(Br)s2)CCCC1. The first-order valence-corrected chi connectivity index (χ1v) is 8.58. The van der Waals surface area contributed by atoms with Crippen molar-refractivity contribution in [3.05, 3.63) is 20.8 Å². The quantitative estimate of drug-likeness (QED) is 0.869. The molecule has 0 unspecified atom stereocenters. The number of thioether (sulfide) groups is 1. The molecule has 0 spiro atoms. The van der Waals surface area contributed by atoms with E-state index in [0.29, 0.717) is 4.75 Å². The first-order valence-electron chi connectivity index (χ1n) is 5.74.